The topological polar surface area (TPSA) is 65.5 Å². The highest BCUT2D eigenvalue weighted by atomic mass is 19.4. The Morgan fingerprint density at radius 3 is 2.50 bits per heavy atom. The molecule has 138 valence electrons. The zero-order valence-electron chi connectivity index (χ0n) is 14.0. The van der Waals surface area contributed by atoms with E-state index in [0.717, 1.165) is 23.4 Å². The van der Waals surface area contributed by atoms with Crippen molar-refractivity contribution in [3.05, 3.63) is 65.7 Å². The Balaban J connectivity index is 0.000000190. The maximum absolute atomic E-state index is 12.1. The molecule has 0 saturated carbocycles. The molecule has 0 aromatic heterocycles. The molecule has 5 nitrogen and oxygen atoms in total. The summed E-state index contributed by atoms with van der Waals surface area (Å²) >= 11 is 0. The molecule has 1 atom stereocenters. The van der Waals surface area contributed by atoms with E-state index in [9.17, 15) is 18.0 Å². The van der Waals surface area contributed by atoms with Crippen LogP contribution in [0.25, 0.3) is 0 Å². The molecule has 0 aliphatic carbocycles. The van der Waals surface area contributed by atoms with Gasteiger partial charge in [-0.15, -0.1) is 0 Å². The molecule has 0 bridgehead atoms. The minimum Gasteiger partial charge on any atom is -0.388 e. The van der Waals surface area contributed by atoms with Crippen LogP contribution in [0.15, 0.2) is 59.7 Å². The van der Waals surface area contributed by atoms with Crippen LogP contribution in [0.5, 0.6) is 0 Å². The van der Waals surface area contributed by atoms with Gasteiger partial charge in [0, 0.05) is 12.7 Å². The van der Waals surface area contributed by atoms with Crippen LogP contribution < -0.4 is 16.1 Å². The van der Waals surface area contributed by atoms with Crippen molar-refractivity contribution in [2.24, 2.45) is 5.10 Å². The number of nitrogens with zero attached hydrogens (tertiary/aromatic N) is 1. The van der Waals surface area contributed by atoms with E-state index in [2.05, 4.69) is 21.2 Å². The maximum Gasteiger partial charge on any atom is 0.416 e. The van der Waals surface area contributed by atoms with Gasteiger partial charge < -0.3 is 16.1 Å². The zero-order chi connectivity index (χ0) is 19.0. The van der Waals surface area contributed by atoms with E-state index in [1.54, 1.807) is 13.1 Å². The Hall–Kier alpha value is -3.03. The van der Waals surface area contributed by atoms with E-state index in [1.165, 1.54) is 6.07 Å². The highest BCUT2D eigenvalue weighted by Gasteiger charge is 2.30. The molecule has 26 heavy (non-hydrogen) atoms. The maximum atomic E-state index is 12.1. The lowest BCUT2D eigenvalue weighted by Gasteiger charge is -2.09. The first-order chi connectivity index (χ1) is 12.5. The summed E-state index contributed by atoms with van der Waals surface area (Å²) in [5, 5.41) is 9.51. The van der Waals surface area contributed by atoms with Gasteiger partial charge in [-0.25, -0.2) is 0 Å². The summed E-state index contributed by atoms with van der Waals surface area (Å²) in [5.74, 6) is 0. The molecule has 0 saturated heterocycles. The van der Waals surface area contributed by atoms with Gasteiger partial charge in [0.15, 0.2) is 0 Å². The number of rotatable bonds is 4. The predicted molar refractivity (Wildman–Crippen MR) is 95.0 cm³/mol. The molecule has 0 radical (unpaired) electrons. The van der Waals surface area contributed by atoms with Crippen molar-refractivity contribution in [2.75, 3.05) is 18.9 Å². The number of carbonyl (C=O) groups is 1. The number of nitrogens with one attached hydrogen (secondary N) is 3. The summed E-state index contributed by atoms with van der Waals surface area (Å²) < 4.78 is 36.2. The quantitative estimate of drug-likeness (QED) is 0.731. The molecule has 1 heterocycles. The molecule has 3 rings (SSSR count). The third kappa shape index (κ3) is 5.23. The van der Waals surface area contributed by atoms with Crippen molar-refractivity contribution in [1.82, 2.24) is 10.7 Å². The van der Waals surface area contributed by atoms with Gasteiger partial charge in [0.1, 0.15) is 0 Å². The lowest BCUT2D eigenvalue weighted by Crippen LogP contribution is -2.37. The zero-order valence-corrected chi connectivity index (χ0v) is 14.0. The third-order valence-corrected chi connectivity index (χ3v) is 3.64. The van der Waals surface area contributed by atoms with E-state index in [-0.39, 0.29) is 6.04 Å². The fraction of sp³-hybridized carbons (Fsp3) is 0.222. The third-order valence-electron chi connectivity index (χ3n) is 3.64. The number of hydrazone groups is 1. The lowest BCUT2D eigenvalue weighted by atomic mass is 10.0. The molecular formula is C18H19F3N4O. The van der Waals surface area contributed by atoms with Crippen LogP contribution in [0.1, 0.15) is 11.1 Å². The van der Waals surface area contributed by atoms with Crippen molar-refractivity contribution in [2.45, 2.75) is 12.2 Å². The fourth-order valence-corrected chi connectivity index (χ4v) is 2.34. The molecule has 3 N–H and O–H groups in total. The van der Waals surface area contributed by atoms with E-state index in [0.29, 0.717) is 18.6 Å². The van der Waals surface area contributed by atoms with Gasteiger partial charge in [-0.05, 0) is 23.8 Å². The van der Waals surface area contributed by atoms with Gasteiger partial charge in [0.25, 0.3) is 0 Å². The second-order valence-corrected chi connectivity index (χ2v) is 5.39. The van der Waals surface area contributed by atoms with Crippen molar-refractivity contribution in [3.8, 4) is 0 Å². The van der Waals surface area contributed by atoms with Crippen LogP contribution >= 0.6 is 0 Å². The molecular weight excluding hydrogens is 345 g/mol. The Kier molecular flexibility index (Phi) is 6.60. The molecule has 0 fully saturated rings. The van der Waals surface area contributed by atoms with Gasteiger partial charge >= 0.3 is 6.18 Å². The smallest absolute Gasteiger partial charge is 0.388 e. The monoisotopic (exact) mass is 364 g/mol. The first-order valence-corrected chi connectivity index (χ1v) is 7.86. The summed E-state index contributed by atoms with van der Waals surface area (Å²) in [7, 11) is 1.58. The molecule has 2 aromatic carbocycles. The normalized spacial score (nSPS) is 15.8. The minimum atomic E-state index is -4.26. The summed E-state index contributed by atoms with van der Waals surface area (Å²) in [6.45, 7) is 0.656. The molecule has 8 heteroatoms. The molecule has 0 spiro atoms. The van der Waals surface area contributed by atoms with Gasteiger partial charge in [-0.2, -0.15) is 18.3 Å². The van der Waals surface area contributed by atoms with E-state index in [4.69, 9.17) is 0 Å². The number of alkyl halides is 3. The number of anilines is 1. The van der Waals surface area contributed by atoms with Crippen LogP contribution in [0, 0.1) is 0 Å². The number of halogens is 3. The summed E-state index contributed by atoms with van der Waals surface area (Å²) in [4.78, 5) is 10.3. The first-order valence-electron chi connectivity index (χ1n) is 7.86. The van der Waals surface area contributed by atoms with Gasteiger partial charge in [-0.1, -0.05) is 36.4 Å². The van der Waals surface area contributed by atoms with Gasteiger partial charge in [0.2, 0.25) is 6.41 Å². The first kappa shape index (κ1) is 19.3. The number of hydrogen-bond donors (Lipinski definition) is 3. The van der Waals surface area contributed by atoms with Crippen molar-refractivity contribution in [1.29, 1.82) is 0 Å². The van der Waals surface area contributed by atoms with E-state index >= 15 is 0 Å². The summed E-state index contributed by atoms with van der Waals surface area (Å²) in [6.07, 6.45) is -3.55. The van der Waals surface area contributed by atoms with Gasteiger partial charge in [0.05, 0.1) is 23.9 Å². The van der Waals surface area contributed by atoms with Crippen LogP contribution in [-0.4, -0.2) is 31.8 Å². The molecule has 1 unspecified atom stereocenters. The molecule has 1 amide bonds. The highest BCUT2D eigenvalue weighted by molar-refractivity contribution is 6.06. The van der Waals surface area contributed by atoms with Crippen LogP contribution in [0.4, 0.5) is 18.9 Å². The fourth-order valence-electron chi connectivity index (χ4n) is 2.34. The van der Waals surface area contributed by atoms with Gasteiger partial charge in [-0.3, -0.25) is 4.79 Å². The van der Waals surface area contributed by atoms with Crippen LogP contribution in [0.3, 0.4) is 0 Å². The molecule has 1 aliphatic heterocycles. The lowest BCUT2D eigenvalue weighted by molar-refractivity contribution is -0.137. The van der Waals surface area contributed by atoms with E-state index < -0.39 is 11.7 Å². The minimum absolute atomic E-state index is 0.0186. The van der Waals surface area contributed by atoms with Crippen LogP contribution in [0.2, 0.25) is 0 Å². The Morgan fingerprint density at radius 1 is 1.15 bits per heavy atom. The Morgan fingerprint density at radius 2 is 1.88 bits per heavy atom. The number of amides is 1. The second-order valence-electron chi connectivity index (χ2n) is 5.39. The second kappa shape index (κ2) is 8.89. The predicted octanol–water partition coefficient (Wildman–Crippen LogP) is 2.86. The number of benzene rings is 2. The average Bonchev–Trinajstić information content (AvgIpc) is 3.11. The molecule has 1 aliphatic rings. The SMILES string of the molecule is CNc1cccc(C(F)(F)F)c1.O=CNC1CNN=C1c1ccccc1. The summed E-state index contributed by atoms with van der Waals surface area (Å²) in [5.41, 5.74) is 4.63. The number of hydrogen-bond acceptors (Lipinski definition) is 4. The largest absolute Gasteiger partial charge is 0.416 e. The average molecular weight is 364 g/mol. The standard InChI is InChI=1S/C10H11N3O.C8H8F3N/c14-7-11-9-6-12-13-10(9)8-4-2-1-3-5-8;1-12-7-4-2-3-6(5-7)8(9,10)11/h1-5,7,9,12H,6H2,(H,11,14);2-5,12H,1H3. The van der Waals surface area contributed by atoms with Crippen molar-refractivity contribution >= 4 is 17.8 Å². The van der Waals surface area contributed by atoms with E-state index in [1.807, 2.05) is 30.3 Å². The highest BCUT2D eigenvalue weighted by Crippen LogP contribution is 2.30. The van der Waals surface area contributed by atoms with Crippen molar-refractivity contribution < 1.29 is 18.0 Å². The van der Waals surface area contributed by atoms with Crippen LogP contribution in [-0.2, 0) is 11.0 Å². The Labute approximate surface area is 149 Å². The van der Waals surface area contributed by atoms with Crippen molar-refractivity contribution in [3.63, 3.8) is 0 Å². The molecule has 2 aromatic rings. The summed E-state index contributed by atoms with van der Waals surface area (Å²) in [6, 6.07) is 14.9. The Bertz CT molecular complexity index is 748. The number of carbonyl (C=O) groups excluding carboxylic acids is 1.